The first-order valence-electron chi connectivity index (χ1n) is 5.91. The van der Waals surface area contributed by atoms with Gasteiger partial charge in [0.15, 0.2) is 0 Å². The molecule has 0 bridgehead atoms. The summed E-state index contributed by atoms with van der Waals surface area (Å²) in [5, 5.41) is 4.00. The van der Waals surface area contributed by atoms with E-state index >= 15 is 0 Å². The molecule has 0 fully saturated rings. The maximum absolute atomic E-state index is 6.00. The highest BCUT2D eigenvalue weighted by molar-refractivity contribution is 6.30. The zero-order valence-electron chi connectivity index (χ0n) is 10.2. The Morgan fingerprint density at radius 3 is 2.72 bits per heavy atom. The fourth-order valence-corrected chi connectivity index (χ4v) is 2.12. The summed E-state index contributed by atoms with van der Waals surface area (Å²) in [5.41, 5.74) is 8.01. The van der Waals surface area contributed by atoms with E-state index in [0.717, 1.165) is 17.7 Å². The molecule has 1 atom stereocenters. The number of nitrogens with zero attached hydrogens (tertiary/aromatic N) is 1. The van der Waals surface area contributed by atoms with Gasteiger partial charge in [-0.15, -0.1) is 0 Å². The van der Waals surface area contributed by atoms with E-state index in [2.05, 4.69) is 29.4 Å². The minimum absolute atomic E-state index is 0.0161. The quantitative estimate of drug-likeness (QED) is 0.890. The third kappa shape index (κ3) is 2.81. The van der Waals surface area contributed by atoms with E-state index < -0.39 is 0 Å². The van der Waals surface area contributed by atoms with Crippen LogP contribution in [0, 0.1) is 0 Å². The average Bonchev–Trinajstić information content (AvgIpc) is 2.40. The Balaban J connectivity index is 2.44. The van der Waals surface area contributed by atoms with E-state index in [1.807, 2.05) is 24.3 Å². The molecule has 1 aromatic heterocycles. The molecule has 3 N–H and O–H groups in total. The van der Waals surface area contributed by atoms with Crippen molar-refractivity contribution in [1.29, 1.82) is 0 Å². The Bertz CT molecular complexity index is 514. The van der Waals surface area contributed by atoms with Gasteiger partial charge in [0.05, 0.1) is 11.1 Å². The summed E-state index contributed by atoms with van der Waals surface area (Å²) in [5.74, 6) is 0.509. The fourth-order valence-electron chi connectivity index (χ4n) is 1.95. The topological polar surface area (TPSA) is 50.9 Å². The first-order valence-corrected chi connectivity index (χ1v) is 6.29. The van der Waals surface area contributed by atoms with Crippen molar-refractivity contribution in [2.45, 2.75) is 13.0 Å². The van der Waals surface area contributed by atoms with Crippen molar-refractivity contribution < 1.29 is 0 Å². The minimum atomic E-state index is 0.0161. The van der Waals surface area contributed by atoms with Gasteiger partial charge in [0.2, 0.25) is 0 Å². The Morgan fingerprint density at radius 2 is 2.06 bits per heavy atom. The summed E-state index contributed by atoms with van der Waals surface area (Å²) < 4.78 is 0. The number of rotatable bonds is 4. The van der Waals surface area contributed by atoms with E-state index in [-0.39, 0.29) is 6.04 Å². The van der Waals surface area contributed by atoms with Gasteiger partial charge in [0.25, 0.3) is 0 Å². The van der Waals surface area contributed by atoms with Crippen LogP contribution in [0.4, 0.5) is 5.82 Å². The number of nitrogen functional groups attached to an aromatic ring is 1. The third-order valence-electron chi connectivity index (χ3n) is 2.77. The number of nitrogens with one attached hydrogen (secondary N) is 1. The van der Waals surface area contributed by atoms with Crippen molar-refractivity contribution >= 4 is 17.4 Å². The van der Waals surface area contributed by atoms with Gasteiger partial charge in [0.1, 0.15) is 5.82 Å². The summed E-state index contributed by atoms with van der Waals surface area (Å²) >= 11 is 6.00. The van der Waals surface area contributed by atoms with Crippen LogP contribution in [-0.2, 0) is 0 Å². The van der Waals surface area contributed by atoms with Gasteiger partial charge in [-0.05, 0) is 18.2 Å². The lowest BCUT2D eigenvalue weighted by Gasteiger charge is -2.20. The van der Waals surface area contributed by atoms with Crippen LogP contribution in [-0.4, -0.2) is 11.5 Å². The molecule has 2 rings (SSSR count). The second-order valence-corrected chi connectivity index (χ2v) is 4.47. The lowest BCUT2D eigenvalue weighted by Crippen LogP contribution is -2.23. The van der Waals surface area contributed by atoms with Gasteiger partial charge < -0.3 is 11.1 Å². The van der Waals surface area contributed by atoms with E-state index in [1.165, 1.54) is 0 Å². The highest BCUT2D eigenvalue weighted by Crippen LogP contribution is 2.27. The van der Waals surface area contributed by atoms with Crippen LogP contribution >= 0.6 is 11.6 Å². The molecule has 0 aliphatic heterocycles. The van der Waals surface area contributed by atoms with E-state index in [4.69, 9.17) is 17.3 Å². The predicted octanol–water partition coefficient (Wildman–Crippen LogP) is 3.02. The molecule has 0 saturated carbocycles. The summed E-state index contributed by atoms with van der Waals surface area (Å²) in [7, 11) is 0. The van der Waals surface area contributed by atoms with Crippen LogP contribution in [0.3, 0.4) is 0 Å². The molecule has 1 aromatic carbocycles. The Morgan fingerprint density at radius 1 is 1.33 bits per heavy atom. The maximum Gasteiger partial charge on any atom is 0.128 e. The molecule has 1 heterocycles. The lowest BCUT2D eigenvalue weighted by atomic mass is 9.99. The molecule has 94 valence electrons. The number of aromatic nitrogens is 1. The Hall–Kier alpha value is -1.58. The molecule has 18 heavy (non-hydrogen) atoms. The molecule has 0 aliphatic rings. The second-order valence-electron chi connectivity index (χ2n) is 4.03. The molecule has 0 amide bonds. The Kier molecular flexibility index (Phi) is 4.18. The highest BCUT2D eigenvalue weighted by Gasteiger charge is 2.16. The predicted molar refractivity (Wildman–Crippen MR) is 75.6 cm³/mol. The van der Waals surface area contributed by atoms with Crippen molar-refractivity contribution in [2.24, 2.45) is 0 Å². The number of hydrogen-bond donors (Lipinski definition) is 2. The van der Waals surface area contributed by atoms with E-state index in [0.29, 0.717) is 10.8 Å². The normalized spacial score (nSPS) is 12.3. The molecule has 0 radical (unpaired) electrons. The molecular weight excluding hydrogens is 246 g/mol. The van der Waals surface area contributed by atoms with Gasteiger partial charge >= 0.3 is 0 Å². The summed E-state index contributed by atoms with van der Waals surface area (Å²) in [6.45, 7) is 2.90. The van der Waals surface area contributed by atoms with Crippen LogP contribution in [0.2, 0.25) is 5.02 Å². The zero-order chi connectivity index (χ0) is 13.0. The average molecular weight is 262 g/mol. The van der Waals surface area contributed by atoms with Crippen LogP contribution in [0.1, 0.15) is 24.1 Å². The number of halogens is 1. The van der Waals surface area contributed by atoms with Crippen molar-refractivity contribution in [3.63, 3.8) is 0 Å². The van der Waals surface area contributed by atoms with Crippen LogP contribution in [0.15, 0.2) is 42.6 Å². The van der Waals surface area contributed by atoms with Crippen molar-refractivity contribution in [1.82, 2.24) is 10.3 Å². The van der Waals surface area contributed by atoms with Crippen molar-refractivity contribution in [3.05, 3.63) is 58.7 Å². The fraction of sp³-hybridized carbons (Fsp3) is 0.214. The highest BCUT2D eigenvalue weighted by atomic mass is 35.5. The lowest BCUT2D eigenvalue weighted by molar-refractivity contribution is 0.630. The first-order chi connectivity index (χ1) is 8.72. The first kappa shape index (κ1) is 12.9. The smallest absolute Gasteiger partial charge is 0.128 e. The molecule has 0 aliphatic carbocycles. The molecule has 4 heteroatoms. The number of hydrogen-bond acceptors (Lipinski definition) is 3. The number of pyridine rings is 1. The van der Waals surface area contributed by atoms with E-state index in [1.54, 1.807) is 6.20 Å². The van der Waals surface area contributed by atoms with Crippen molar-refractivity contribution in [2.75, 3.05) is 12.3 Å². The van der Waals surface area contributed by atoms with Crippen LogP contribution < -0.4 is 11.1 Å². The summed E-state index contributed by atoms with van der Waals surface area (Å²) in [6, 6.07) is 12.0. The standard InChI is InChI=1S/C14H16ClN3/c1-2-17-13(10-6-4-3-5-7-10)12-8-11(15)9-18-14(12)16/h3-9,13,17H,2H2,1H3,(H2,16,18). The van der Waals surface area contributed by atoms with Gasteiger partial charge in [0, 0.05) is 11.8 Å². The molecule has 2 aromatic rings. The number of benzene rings is 1. The van der Waals surface area contributed by atoms with Gasteiger partial charge in [-0.25, -0.2) is 4.98 Å². The molecule has 1 unspecified atom stereocenters. The maximum atomic E-state index is 6.00. The summed E-state index contributed by atoms with van der Waals surface area (Å²) in [4.78, 5) is 4.11. The molecule has 0 spiro atoms. The molecule has 3 nitrogen and oxygen atoms in total. The van der Waals surface area contributed by atoms with Gasteiger partial charge in [-0.2, -0.15) is 0 Å². The largest absolute Gasteiger partial charge is 0.383 e. The van der Waals surface area contributed by atoms with Crippen LogP contribution in [0.5, 0.6) is 0 Å². The van der Waals surface area contributed by atoms with E-state index in [9.17, 15) is 0 Å². The minimum Gasteiger partial charge on any atom is -0.383 e. The van der Waals surface area contributed by atoms with Crippen LogP contribution in [0.25, 0.3) is 0 Å². The monoisotopic (exact) mass is 261 g/mol. The third-order valence-corrected chi connectivity index (χ3v) is 2.97. The number of anilines is 1. The second kappa shape index (κ2) is 5.85. The van der Waals surface area contributed by atoms with Gasteiger partial charge in [-0.1, -0.05) is 48.9 Å². The number of nitrogens with two attached hydrogens (primary N) is 1. The zero-order valence-corrected chi connectivity index (χ0v) is 11.0. The Labute approximate surface area is 112 Å². The van der Waals surface area contributed by atoms with Crippen molar-refractivity contribution in [3.8, 4) is 0 Å². The molecule has 0 saturated heterocycles. The summed E-state index contributed by atoms with van der Waals surface area (Å²) in [6.07, 6.45) is 1.56. The molecular formula is C14H16ClN3. The SMILES string of the molecule is CCNC(c1ccccc1)c1cc(Cl)cnc1N. The van der Waals surface area contributed by atoms with Gasteiger partial charge in [-0.3, -0.25) is 0 Å².